The Morgan fingerprint density at radius 2 is 1.60 bits per heavy atom. The summed E-state index contributed by atoms with van der Waals surface area (Å²) in [5.41, 5.74) is -0.488. The van der Waals surface area contributed by atoms with E-state index in [9.17, 15) is 19.5 Å². The molecule has 4 fully saturated rings. The van der Waals surface area contributed by atoms with Crippen molar-refractivity contribution >= 4 is 17.7 Å². The molecule has 1 heterocycles. The van der Waals surface area contributed by atoms with Crippen molar-refractivity contribution in [2.24, 2.45) is 40.4 Å². The van der Waals surface area contributed by atoms with Crippen LogP contribution in [0.25, 0.3) is 0 Å². The number of likely N-dealkylation sites (N-methyl/N-ethyl adjacent to an activating group) is 2. The number of ketones is 1. The molecule has 1 aliphatic heterocycles. The van der Waals surface area contributed by atoms with E-state index < -0.39 is 11.0 Å². The summed E-state index contributed by atoms with van der Waals surface area (Å²) in [6, 6.07) is 0. The number of hydrogen-bond donors (Lipinski definition) is 1. The number of aliphatic hydroxyl groups is 1. The zero-order valence-corrected chi connectivity index (χ0v) is 30.6. The first-order chi connectivity index (χ1) is 18.9. The second kappa shape index (κ2) is 12.4. The molecule has 0 aromatic heterocycles. The largest absolute Gasteiger partial charge is 1.00 e. The number of rotatable bonds is 7. The molecule has 10 heteroatoms. The number of nitrogens with zero attached hydrogens (tertiary/aromatic N) is 2. The minimum absolute atomic E-state index is 0. The lowest BCUT2D eigenvalue weighted by atomic mass is 9.43. The summed E-state index contributed by atoms with van der Waals surface area (Å²) in [5, 5.41) is 12.9. The maximum absolute atomic E-state index is 13.9. The van der Waals surface area contributed by atoms with E-state index in [-0.39, 0.29) is 87.6 Å². The molecule has 0 aromatic rings. The Bertz CT molecular complexity index is 1130. The van der Waals surface area contributed by atoms with Gasteiger partial charge in [0.2, 0.25) is 0 Å². The van der Waals surface area contributed by atoms with Gasteiger partial charge >= 0.3 is 11.9 Å². The number of ether oxygens (including phenoxy) is 2. The van der Waals surface area contributed by atoms with E-state index in [0.717, 1.165) is 50.5 Å². The molecular weight excluding hydrogens is 680 g/mol. The van der Waals surface area contributed by atoms with Gasteiger partial charge < -0.3 is 57.5 Å². The Kier molecular flexibility index (Phi) is 10.6. The van der Waals surface area contributed by atoms with Gasteiger partial charge in [0, 0.05) is 23.3 Å². The van der Waals surface area contributed by atoms with Gasteiger partial charge in [0.1, 0.15) is 19.3 Å². The molecule has 246 valence electrons. The van der Waals surface area contributed by atoms with Crippen LogP contribution in [0, 0.1) is 40.4 Å². The van der Waals surface area contributed by atoms with Crippen molar-refractivity contribution in [1.82, 2.24) is 0 Å². The van der Waals surface area contributed by atoms with Gasteiger partial charge in [0.05, 0.1) is 47.9 Å². The molecule has 8 nitrogen and oxygen atoms in total. The fourth-order valence-electron chi connectivity index (χ4n) is 10.1. The molecule has 4 saturated carbocycles. The highest BCUT2D eigenvalue weighted by molar-refractivity contribution is 5.87. The fraction of sp³-hybridized carbons (Fsp3) is 0.848. The number of carbonyl (C=O) groups excluding carboxylic acids is 3. The lowest BCUT2D eigenvalue weighted by Gasteiger charge is -2.63. The predicted molar refractivity (Wildman–Crippen MR) is 155 cm³/mol. The van der Waals surface area contributed by atoms with Crippen molar-refractivity contribution in [1.29, 1.82) is 0 Å². The monoisotopic (exact) mass is 732 g/mol. The average molecular weight is 735 g/mol. The van der Waals surface area contributed by atoms with Crippen molar-refractivity contribution in [2.45, 2.75) is 76.9 Å². The molecule has 43 heavy (non-hydrogen) atoms. The van der Waals surface area contributed by atoms with Crippen LogP contribution in [0.5, 0.6) is 0 Å². The Labute approximate surface area is 279 Å². The first-order valence-electron chi connectivity index (χ1n) is 15.8. The Balaban J connectivity index is 0.00000253. The van der Waals surface area contributed by atoms with Crippen molar-refractivity contribution in [3.05, 3.63) is 11.6 Å². The summed E-state index contributed by atoms with van der Waals surface area (Å²) in [6.07, 6.45) is 8.57. The average Bonchev–Trinajstić information content (AvgIpc) is 3.34. The Morgan fingerprint density at radius 3 is 2.19 bits per heavy atom. The van der Waals surface area contributed by atoms with E-state index in [1.165, 1.54) is 0 Å². The van der Waals surface area contributed by atoms with E-state index in [2.05, 4.69) is 13.8 Å². The summed E-state index contributed by atoms with van der Waals surface area (Å²) >= 11 is 0. The van der Waals surface area contributed by atoms with Crippen molar-refractivity contribution in [3.8, 4) is 0 Å². The topological polar surface area (TPSA) is 89.9 Å². The molecule has 0 saturated heterocycles. The van der Waals surface area contributed by atoms with Crippen LogP contribution in [0.1, 0.15) is 65.2 Å². The van der Waals surface area contributed by atoms with E-state index >= 15 is 0 Å². The van der Waals surface area contributed by atoms with Crippen LogP contribution in [0.4, 0.5) is 0 Å². The number of carbonyl (C=O) groups is 3. The Hall–Kier alpha value is -0.810. The van der Waals surface area contributed by atoms with Crippen LogP contribution in [0.15, 0.2) is 11.6 Å². The summed E-state index contributed by atoms with van der Waals surface area (Å²) in [7, 11) is 12.1. The molecule has 1 N–H and O–H groups in total. The van der Waals surface area contributed by atoms with E-state index in [0.29, 0.717) is 40.3 Å². The van der Waals surface area contributed by atoms with E-state index in [1.54, 1.807) is 6.08 Å². The molecule has 0 bridgehead atoms. The van der Waals surface area contributed by atoms with Gasteiger partial charge in [-0.15, -0.1) is 0 Å². The van der Waals surface area contributed by atoms with Gasteiger partial charge in [-0.2, -0.15) is 0 Å². The van der Waals surface area contributed by atoms with Crippen molar-refractivity contribution in [2.75, 3.05) is 62.0 Å². The van der Waals surface area contributed by atoms with Gasteiger partial charge in [0.15, 0.2) is 12.3 Å². The first kappa shape index (κ1) is 36.7. The molecule has 0 spiro atoms. The maximum Gasteiger partial charge on any atom is 0.362 e. The second-order valence-corrected chi connectivity index (χ2v) is 16.7. The summed E-state index contributed by atoms with van der Waals surface area (Å²) in [4.78, 5) is 38.6. The smallest absolute Gasteiger partial charge is 0.362 e. The molecule has 9 atom stereocenters. The van der Waals surface area contributed by atoms with Crippen LogP contribution in [-0.2, 0) is 23.9 Å². The van der Waals surface area contributed by atoms with Crippen LogP contribution in [0.2, 0.25) is 0 Å². The molecule has 0 amide bonds. The number of cyclic esters (lactones) is 1. The highest BCUT2D eigenvalue weighted by Crippen LogP contribution is 2.71. The molecule has 4 aliphatic carbocycles. The minimum atomic E-state index is -0.972. The third-order valence-corrected chi connectivity index (χ3v) is 11.9. The van der Waals surface area contributed by atoms with Gasteiger partial charge in [-0.25, -0.2) is 9.59 Å². The molecule has 9 unspecified atom stereocenters. The van der Waals surface area contributed by atoms with Crippen LogP contribution < -0.4 is 34.0 Å². The van der Waals surface area contributed by atoms with E-state index in [4.69, 9.17) is 9.47 Å². The summed E-state index contributed by atoms with van der Waals surface area (Å²) in [5.74, 6) is 0.173. The number of Topliss-reactive ketones (excluding diaryl/α,β-unsaturated/α-hetero) is 1. The van der Waals surface area contributed by atoms with Gasteiger partial charge in [-0.05, 0) is 80.1 Å². The summed E-state index contributed by atoms with van der Waals surface area (Å²) in [6.45, 7) is 5.61. The number of esters is 2. The van der Waals surface area contributed by atoms with Crippen molar-refractivity contribution in [3.63, 3.8) is 0 Å². The van der Waals surface area contributed by atoms with Crippen molar-refractivity contribution < 1.29 is 71.9 Å². The van der Waals surface area contributed by atoms with Crippen LogP contribution >= 0.6 is 0 Å². The lowest BCUT2D eigenvalue weighted by Crippen LogP contribution is -3.00. The normalized spacial score (nSPS) is 40.5. The minimum Gasteiger partial charge on any atom is -1.00 e. The highest BCUT2D eigenvalue weighted by atomic mass is 79.9. The van der Waals surface area contributed by atoms with E-state index in [1.807, 2.05) is 42.3 Å². The highest BCUT2D eigenvalue weighted by Gasteiger charge is 2.71. The van der Waals surface area contributed by atoms with Gasteiger partial charge in [-0.1, -0.05) is 13.8 Å². The van der Waals surface area contributed by atoms with Crippen LogP contribution in [0.3, 0.4) is 0 Å². The number of halogens is 2. The summed E-state index contributed by atoms with van der Waals surface area (Å²) < 4.78 is 12.4. The first-order valence-corrected chi connectivity index (χ1v) is 15.8. The zero-order chi connectivity index (χ0) is 30.2. The van der Waals surface area contributed by atoms with Gasteiger partial charge in [-0.3, -0.25) is 4.79 Å². The van der Waals surface area contributed by atoms with Gasteiger partial charge in [0.25, 0.3) is 0 Å². The molecule has 0 aromatic carbocycles. The molecule has 5 rings (SSSR count). The fourth-order valence-corrected chi connectivity index (χ4v) is 10.1. The third-order valence-electron chi connectivity index (χ3n) is 11.9. The third kappa shape index (κ3) is 6.70. The second-order valence-electron chi connectivity index (χ2n) is 16.7. The molecule has 5 aliphatic rings. The molecule has 0 radical (unpaired) electrons. The quantitative estimate of drug-likeness (QED) is 0.228. The molecular formula is C33H54Br2N2O6. The number of fused-ring (bicyclic) bond motifs is 5. The lowest BCUT2D eigenvalue weighted by molar-refractivity contribution is -0.862. The number of quaternary nitrogens is 2. The standard InChI is InChI=1S/C33H54N2O6.2BrH/c1-31-13-11-23(41-29(38)19-35(6,7)8)16-22(31)9-10-26-25(31)12-14-32(2)30(21-15-28(37)40-20-21)24(17-33(26,32)39)27(36)18-34(3,4)5;;/h15,22-26,30,39H,9-14,16-20H2,1-8H3;2*1H/q+2;;/p-2. The van der Waals surface area contributed by atoms with Crippen LogP contribution in [-0.4, -0.2) is 105 Å². The number of hydrogen-bond acceptors (Lipinski definition) is 6. The Morgan fingerprint density at radius 1 is 0.953 bits per heavy atom. The maximum atomic E-state index is 13.9. The zero-order valence-electron chi connectivity index (χ0n) is 27.5. The SMILES string of the molecule is CC12CCC(OC(=O)C[N+](C)(C)C)CC1CCC1C2CCC2(C)C(C3=CC(=O)OC3)C(C(=O)C[N+](C)(C)C)CC12O.[Br-].[Br-]. The predicted octanol–water partition coefficient (Wildman–Crippen LogP) is -2.63.